The predicted molar refractivity (Wildman–Crippen MR) is 80.7 cm³/mol. The third-order valence-corrected chi connectivity index (χ3v) is 4.75. The quantitative estimate of drug-likeness (QED) is 0.647. The van der Waals surface area contributed by atoms with Gasteiger partial charge in [-0.15, -0.1) is 11.3 Å². The number of nitrogens with one attached hydrogen (secondary N) is 1. The second kappa shape index (κ2) is 6.38. The average Bonchev–Trinajstić information content (AvgIpc) is 2.86. The van der Waals surface area contributed by atoms with Crippen molar-refractivity contribution in [1.29, 1.82) is 0 Å². The summed E-state index contributed by atoms with van der Waals surface area (Å²) in [6.45, 7) is 0. The third-order valence-electron chi connectivity index (χ3n) is 2.81. The fraction of sp³-hybridized carbons (Fsp3) is 0.231. The maximum Gasteiger partial charge on any atom is 0.161 e. The molecule has 0 saturated heterocycles. The number of thiophene rings is 1. The van der Waals surface area contributed by atoms with E-state index in [1.165, 1.54) is 0 Å². The number of methoxy groups -OCH3 is 2. The number of hydrazine groups is 1. The van der Waals surface area contributed by atoms with Crippen LogP contribution in [-0.4, -0.2) is 14.2 Å². The normalized spacial score (nSPS) is 12.2. The van der Waals surface area contributed by atoms with E-state index in [9.17, 15) is 0 Å². The Morgan fingerprint density at radius 3 is 2.47 bits per heavy atom. The maximum atomic E-state index is 5.69. The van der Waals surface area contributed by atoms with Gasteiger partial charge in [-0.2, -0.15) is 0 Å². The fourth-order valence-electron chi connectivity index (χ4n) is 1.87. The zero-order chi connectivity index (χ0) is 13.8. The summed E-state index contributed by atoms with van der Waals surface area (Å²) in [4.78, 5) is 1.12. The molecule has 102 valence electrons. The highest BCUT2D eigenvalue weighted by Gasteiger charge is 2.18. The molecule has 0 aliphatic carbocycles. The molecule has 0 aliphatic heterocycles. The van der Waals surface area contributed by atoms with Gasteiger partial charge in [-0.25, -0.2) is 5.43 Å². The summed E-state index contributed by atoms with van der Waals surface area (Å²) in [5.74, 6) is 7.08. The van der Waals surface area contributed by atoms with E-state index in [1.807, 2.05) is 29.6 Å². The lowest BCUT2D eigenvalue weighted by molar-refractivity contribution is 0.354. The van der Waals surface area contributed by atoms with Gasteiger partial charge in [0.05, 0.1) is 20.3 Å². The zero-order valence-electron chi connectivity index (χ0n) is 10.6. The molecule has 1 heterocycles. The van der Waals surface area contributed by atoms with Gasteiger partial charge in [-0.05, 0) is 45.1 Å². The Morgan fingerprint density at radius 1 is 1.21 bits per heavy atom. The Balaban J connectivity index is 2.42. The van der Waals surface area contributed by atoms with Crippen molar-refractivity contribution >= 4 is 27.3 Å². The molecule has 6 heteroatoms. The third kappa shape index (κ3) is 2.92. The molecule has 0 radical (unpaired) electrons. The number of halogens is 1. The number of rotatable bonds is 5. The first-order valence-corrected chi connectivity index (χ1v) is 7.29. The largest absolute Gasteiger partial charge is 0.493 e. The number of hydrogen-bond acceptors (Lipinski definition) is 5. The molecule has 0 saturated carbocycles. The van der Waals surface area contributed by atoms with Gasteiger partial charge in [0, 0.05) is 9.35 Å². The van der Waals surface area contributed by atoms with Crippen LogP contribution in [-0.2, 0) is 0 Å². The van der Waals surface area contributed by atoms with Gasteiger partial charge >= 0.3 is 0 Å². The van der Waals surface area contributed by atoms with Crippen LogP contribution >= 0.6 is 27.3 Å². The Kier molecular flexibility index (Phi) is 4.81. The lowest BCUT2D eigenvalue weighted by Crippen LogP contribution is -2.28. The lowest BCUT2D eigenvalue weighted by atomic mass is 10.1. The second-order valence-corrected chi connectivity index (χ2v) is 5.65. The Hall–Kier alpha value is -1.08. The molecule has 3 N–H and O–H groups in total. The molecule has 0 aliphatic rings. The summed E-state index contributed by atoms with van der Waals surface area (Å²) in [5, 5.41) is 2.02. The minimum absolute atomic E-state index is 0.0887. The van der Waals surface area contributed by atoms with Crippen LogP contribution in [0.25, 0.3) is 0 Å². The molecule has 2 aromatic rings. The van der Waals surface area contributed by atoms with Crippen molar-refractivity contribution in [3.05, 3.63) is 44.6 Å². The summed E-state index contributed by atoms with van der Waals surface area (Å²) in [6.07, 6.45) is 0. The summed E-state index contributed by atoms with van der Waals surface area (Å²) in [7, 11) is 3.24. The van der Waals surface area contributed by atoms with Gasteiger partial charge in [0.2, 0.25) is 0 Å². The van der Waals surface area contributed by atoms with Gasteiger partial charge in [0.15, 0.2) is 11.5 Å². The Morgan fingerprint density at radius 2 is 1.95 bits per heavy atom. The van der Waals surface area contributed by atoms with Gasteiger partial charge in [0.1, 0.15) is 0 Å². The molecule has 19 heavy (non-hydrogen) atoms. The number of benzene rings is 1. The van der Waals surface area contributed by atoms with E-state index in [0.717, 1.165) is 14.9 Å². The Bertz CT molecular complexity index is 559. The Labute approximate surface area is 124 Å². The van der Waals surface area contributed by atoms with Crippen LogP contribution in [0.2, 0.25) is 0 Å². The predicted octanol–water partition coefficient (Wildman–Crippen LogP) is 3.08. The highest BCUT2D eigenvalue weighted by atomic mass is 79.9. The summed E-state index contributed by atoms with van der Waals surface area (Å²) < 4.78 is 11.6. The van der Waals surface area contributed by atoms with Crippen molar-refractivity contribution < 1.29 is 9.47 Å². The molecule has 1 aromatic carbocycles. The molecule has 0 amide bonds. The molecule has 4 nitrogen and oxygen atoms in total. The first kappa shape index (κ1) is 14.3. The van der Waals surface area contributed by atoms with Crippen molar-refractivity contribution in [3.8, 4) is 11.5 Å². The number of ether oxygens (including phenoxy) is 2. The molecule has 0 fully saturated rings. The van der Waals surface area contributed by atoms with Crippen molar-refractivity contribution in [2.75, 3.05) is 14.2 Å². The summed E-state index contributed by atoms with van der Waals surface area (Å²) >= 11 is 5.17. The van der Waals surface area contributed by atoms with Crippen LogP contribution in [0.4, 0.5) is 0 Å². The molecule has 1 aromatic heterocycles. The molecule has 0 spiro atoms. The fourth-order valence-corrected chi connectivity index (χ4v) is 3.56. The van der Waals surface area contributed by atoms with Crippen LogP contribution in [0, 0.1) is 0 Å². The molecular formula is C13H15BrN2O2S. The van der Waals surface area contributed by atoms with Gasteiger partial charge in [-0.1, -0.05) is 6.07 Å². The second-order valence-electron chi connectivity index (χ2n) is 3.85. The minimum atomic E-state index is -0.0887. The first-order chi connectivity index (χ1) is 9.21. The van der Waals surface area contributed by atoms with Crippen molar-refractivity contribution in [3.63, 3.8) is 0 Å². The van der Waals surface area contributed by atoms with Crippen LogP contribution in [0.3, 0.4) is 0 Å². The van der Waals surface area contributed by atoms with Gasteiger partial charge in [0.25, 0.3) is 0 Å². The highest BCUT2D eigenvalue weighted by Crippen LogP contribution is 2.36. The molecule has 2 rings (SSSR count). The molecule has 1 unspecified atom stereocenters. The summed E-state index contributed by atoms with van der Waals surface area (Å²) in [5.41, 5.74) is 3.85. The number of nitrogens with two attached hydrogens (primary N) is 1. The molecule has 0 bridgehead atoms. The number of hydrogen-bond donors (Lipinski definition) is 2. The van der Waals surface area contributed by atoms with Crippen molar-refractivity contribution in [2.45, 2.75) is 6.04 Å². The van der Waals surface area contributed by atoms with Crippen LogP contribution in [0.15, 0.2) is 34.1 Å². The van der Waals surface area contributed by atoms with Gasteiger partial charge in [-0.3, -0.25) is 5.84 Å². The van der Waals surface area contributed by atoms with E-state index < -0.39 is 0 Å². The van der Waals surface area contributed by atoms with Crippen molar-refractivity contribution in [1.82, 2.24) is 5.43 Å². The average molecular weight is 343 g/mol. The van der Waals surface area contributed by atoms with Crippen molar-refractivity contribution in [2.24, 2.45) is 5.84 Å². The SMILES string of the molecule is COc1ccc(C(NN)c2sccc2Br)cc1OC. The molecular weight excluding hydrogens is 328 g/mol. The van der Waals surface area contributed by atoms with E-state index in [0.29, 0.717) is 11.5 Å². The standard InChI is InChI=1S/C13H15BrN2O2S/c1-17-10-4-3-8(7-11(10)18-2)12(16-15)13-9(14)5-6-19-13/h3-7,12,16H,15H2,1-2H3. The van der Waals surface area contributed by atoms with E-state index in [2.05, 4.69) is 21.4 Å². The topological polar surface area (TPSA) is 56.5 Å². The van der Waals surface area contributed by atoms with E-state index in [1.54, 1.807) is 25.6 Å². The van der Waals surface area contributed by atoms with Crippen LogP contribution < -0.4 is 20.7 Å². The van der Waals surface area contributed by atoms with E-state index >= 15 is 0 Å². The van der Waals surface area contributed by atoms with E-state index in [4.69, 9.17) is 15.3 Å². The van der Waals surface area contributed by atoms with Crippen LogP contribution in [0.5, 0.6) is 11.5 Å². The first-order valence-electron chi connectivity index (χ1n) is 5.62. The van der Waals surface area contributed by atoms with E-state index in [-0.39, 0.29) is 6.04 Å². The minimum Gasteiger partial charge on any atom is -0.493 e. The smallest absolute Gasteiger partial charge is 0.161 e. The van der Waals surface area contributed by atoms with Gasteiger partial charge < -0.3 is 9.47 Å². The zero-order valence-corrected chi connectivity index (χ0v) is 13.0. The summed E-state index contributed by atoms with van der Waals surface area (Å²) in [6, 6.07) is 7.69. The lowest BCUT2D eigenvalue weighted by Gasteiger charge is -2.17. The molecule has 1 atom stereocenters. The van der Waals surface area contributed by atoms with Crippen LogP contribution in [0.1, 0.15) is 16.5 Å². The monoisotopic (exact) mass is 342 g/mol. The highest BCUT2D eigenvalue weighted by molar-refractivity contribution is 9.10. The maximum absolute atomic E-state index is 5.69.